The summed E-state index contributed by atoms with van der Waals surface area (Å²) < 4.78 is 68.4. The van der Waals surface area contributed by atoms with Crippen molar-refractivity contribution in [2.24, 2.45) is 11.8 Å². The van der Waals surface area contributed by atoms with E-state index < -0.39 is 97.5 Å². The van der Waals surface area contributed by atoms with Crippen LogP contribution in [-0.2, 0) is 65.4 Å². The van der Waals surface area contributed by atoms with Crippen molar-refractivity contribution in [1.82, 2.24) is 0 Å². The molecule has 0 spiro atoms. The SMILES string of the molecule is CCCCCCCCCCCCCCCCCCCC(=O)O[C@H](COC(=O)CCCCCCC)COP(=O)(O)OC[C@H](O)COP(=O)(O)OC[C@@H](COC(=O)CCCCCCCCCCCCCCCCC(C)C)OC(=O)CCCCCCCCCCCCCCCCC(C)CC. The summed E-state index contributed by atoms with van der Waals surface area (Å²) in [5.74, 6) is -0.478. The first kappa shape index (κ1) is 95.1. The lowest BCUT2D eigenvalue weighted by Crippen LogP contribution is -2.30. The van der Waals surface area contributed by atoms with Crippen molar-refractivity contribution >= 4 is 39.5 Å². The Kier molecular flexibility index (Phi) is 68.4. The number of unbranched alkanes of at least 4 members (excludes halogenated alkanes) is 46. The maximum Gasteiger partial charge on any atom is 0.472 e. The molecule has 17 nitrogen and oxygen atoms in total. The van der Waals surface area contributed by atoms with E-state index in [1.165, 1.54) is 218 Å². The molecular weight excluding hydrogens is 1270 g/mol. The summed E-state index contributed by atoms with van der Waals surface area (Å²) >= 11 is 0. The summed E-state index contributed by atoms with van der Waals surface area (Å²) in [4.78, 5) is 72.6. The van der Waals surface area contributed by atoms with E-state index in [1.807, 2.05) is 0 Å². The monoisotopic (exact) mass is 1420 g/mol. The van der Waals surface area contributed by atoms with E-state index in [9.17, 15) is 43.2 Å². The topological polar surface area (TPSA) is 237 Å². The minimum Gasteiger partial charge on any atom is -0.462 e. The quantitative estimate of drug-likeness (QED) is 0.0222. The van der Waals surface area contributed by atoms with Crippen molar-refractivity contribution in [2.45, 2.75) is 426 Å². The molecule has 576 valence electrons. The second-order valence-electron chi connectivity index (χ2n) is 28.8. The molecule has 0 heterocycles. The van der Waals surface area contributed by atoms with Gasteiger partial charge in [-0.15, -0.1) is 0 Å². The van der Waals surface area contributed by atoms with Gasteiger partial charge in [0.15, 0.2) is 12.2 Å². The molecule has 0 aromatic rings. The Labute approximate surface area is 594 Å². The highest BCUT2D eigenvalue weighted by Gasteiger charge is 2.30. The van der Waals surface area contributed by atoms with Crippen molar-refractivity contribution in [3.8, 4) is 0 Å². The van der Waals surface area contributed by atoms with Crippen LogP contribution in [0.4, 0.5) is 0 Å². The Morgan fingerprint density at radius 3 is 0.784 bits per heavy atom. The van der Waals surface area contributed by atoms with E-state index in [4.69, 9.17) is 37.0 Å². The second-order valence-corrected chi connectivity index (χ2v) is 31.7. The number of phosphoric acid groups is 2. The lowest BCUT2D eigenvalue weighted by molar-refractivity contribution is -0.161. The number of hydrogen-bond donors (Lipinski definition) is 3. The van der Waals surface area contributed by atoms with Gasteiger partial charge in [0.05, 0.1) is 26.4 Å². The van der Waals surface area contributed by atoms with E-state index in [0.29, 0.717) is 25.7 Å². The normalized spacial score (nSPS) is 14.2. The molecule has 3 unspecified atom stereocenters. The molecular formula is C78H152O17P2. The third-order valence-corrected chi connectivity index (χ3v) is 20.5. The van der Waals surface area contributed by atoms with Crippen LogP contribution >= 0.6 is 15.6 Å². The van der Waals surface area contributed by atoms with Gasteiger partial charge >= 0.3 is 39.5 Å². The number of aliphatic hydroxyl groups excluding tert-OH is 1. The van der Waals surface area contributed by atoms with Crippen molar-refractivity contribution < 1.29 is 80.2 Å². The van der Waals surface area contributed by atoms with Gasteiger partial charge in [-0.2, -0.15) is 0 Å². The molecule has 0 fully saturated rings. The largest absolute Gasteiger partial charge is 0.472 e. The standard InChI is InChI=1S/C78H152O17P2/c1-7-10-12-14-15-16-17-18-19-20-21-29-34-39-44-50-56-62-77(82)94-73(66-88-75(80)60-54-46-13-11-8-2)68-92-96(84,85)90-64-72(79)65-91-97(86,87)93-69-74(67-89-76(81)61-55-49-43-38-33-28-24-22-26-31-36-41-47-52-58-70(4)5)95-78(83)63-57-51-45-40-35-30-25-23-27-32-37-42-48-53-59-71(6)9-3/h70-74,79H,7-69H2,1-6H3,(H,84,85)(H,86,87)/t71?,72-,73+,74+/m0/s1. The number of esters is 4. The highest BCUT2D eigenvalue weighted by molar-refractivity contribution is 7.47. The molecule has 0 aromatic carbocycles. The molecule has 19 heteroatoms. The fourth-order valence-electron chi connectivity index (χ4n) is 12.0. The lowest BCUT2D eigenvalue weighted by Gasteiger charge is -2.21. The molecule has 0 bridgehead atoms. The van der Waals surface area contributed by atoms with Crippen LogP contribution in [0.5, 0.6) is 0 Å². The van der Waals surface area contributed by atoms with Crippen LogP contribution in [0.3, 0.4) is 0 Å². The van der Waals surface area contributed by atoms with Gasteiger partial charge in [0.25, 0.3) is 0 Å². The number of aliphatic hydroxyl groups is 1. The molecule has 3 N–H and O–H groups in total. The molecule has 0 aliphatic carbocycles. The molecule has 0 amide bonds. The summed E-state index contributed by atoms with van der Waals surface area (Å²) in [5.41, 5.74) is 0. The molecule has 0 saturated heterocycles. The first-order chi connectivity index (χ1) is 46.9. The highest BCUT2D eigenvalue weighted by atomic mass is 31.2. The minimum atomic E-state index is -4.96. The Balaban J connectivity index is 5.13. The molecule has 6 atom stereocenters. The lowest BCUT2D eigenvalue weighted by atomic mass is 9.99. The van der Waals surface area contributed by atoms with Crippen molar-refractivity contribution in [3.63, 3.8) is 0 Å². The average molecular weight is 1420 g/mol. The summed E-state index contributed by atoms with van der Waals surface area (Å²) in [7, 11) is -9.91. The molecule has 0 saturated carbocycles. The van der Waals surface area contributed by atoms with Crippen LogP contribution in [0.25, 0.3) is 0 Å². The summed E-state index contributed by atoms with van der Waals surface area (Å²) in [5, 5.41) is 10.6. The van der Waals surface area contributed by atoms with Crippen LogP contribution in [0.2, 0.25) is 0 Å². The second kappa shape index (κ2) is 69.8. The number of ether oxygens (including phenoxy) is 4. The summed E-state index contributed by atoms with van der Waals surface area (Å²) in [6.45, 7) is 9.61. The smallest absolute Gasteiger partial charge is 0.462 e. The van der Waals surface area contributed by atoms with E-state index >= 15 is 0 Å². The molecule has 0 aliphatic rings. The predicted molar refractivity (Wildman–Crippen MR) is 395 cm³/mol. The Bertz CT molecular complexity index is 1870. The number of carbonyl (C=O) groups is 4. The van der Waals surface area contributed by atoms with Gasteiger partial charge in [0, 0.05) is 25.7 Å². The van der Waals surface area contributed by atoms with E-state index in [1.54, 1.807) is 0 Å². The number of rotatable bonds is 77. The van der Waals surface area contributed by atoms with Crippen molar-refractivity contribution in [3.05, 3.63) is 0 Å². The number of hydrogen-bond acceptors (Lipinski definition) is 15. The Hall–Kier alpha value is -1.94. The third-order valence-electron chi connectivity index (χ3n) is 18.6. The predicted octanol–water partition coefficient (Wildman–Crippen LogP) is 23.1. The van der Waals surface area contributed by atoms with E-state index in [-0.39, 0.29) is 25.7 Å². The molecule has 0 aliphatic heterocycles. The maximum absolute atomic E-state index is 13.1. The highest BCUT2D eigenvalue weighted by Crippen LogP contribution is 2.45. The van der Waals surface area contributed by atoms with Gasteiger partial charge in [-0.25, -0.2) is 9.13 Å². The van der Waals surface area contributed by atoms with Crippen molar-refractivity contribution in [1.29, 1.82) is 0 Å². The first-order valence-electron chi connectivity index (χ1n) is 40.5. The van der Waals surface area contributed by atoms with Gasteiger partial charge < -0.3 is 33.8 Å². The molecule has 0 rings (SSSR count). The molecule has 0 radical (unpaired) electrons. The number of carbonyl (C=O) groups excluding carboxylic acids is 4. The van der Waals surface area contributed by atoms with Crippen LogP contribution in [0, 0.1) is 11.8 Å². The summed E-state index contributed by atoms with van der Waals surface area (Å²) in [6.07, 6.45) is 58.6. The van der Waals surface area contributed by atoms with Gasteiger partial charge in [-0.1, -0.05) is 356 Å². The zero-order valence-electron chi connectivity index (χ0n) is 63.4. The third kappa shape index (κ3) is 70.9. The fraction of sp³-hybridized carbons (Fsp3) is 0.949. The zero-order chi connectivity index (χ0) is 71.4. The molecule has 97 heavy (non-hydrogen) atoms. The van der Waals surface area contributed by atoms with Crippen LogP contribution in [-0.4, -0.2) is 96.7 Å². The molecule has 0 aromatic heterocycles. The first-order valence-corrected chi connectivity index (χ1v) is 43.5. The van der Waals surface area contributed by atoms with Crippen LogP contribution in [0.1, 0.15) is 408 Å². The van der Waals surface area contributed by atoms with Gasteiger partial charge in [-0.05, 0) is 37.5 Å². The van der Waals surface area contributed by atoms with E-state index in [2.05, 4.69) is 41.5 Å². The summed E-state index contributed by atoms with van der Waals surface area (Å²) in [6, 6.07) is 0. The fourth-order valence-corrected chi connectivity index (χ4v) is 13.6. The average Bonchev–Trinajstić information content (AvgIpc) is 1.36. The Morgan fingerprint density at radius 2 is 0.526 bits per heavy atom. The minimum absolute atomic E-state index is 0.108. The maximum atomic E-state index is 13.1. The Morgan fingerprint density at radius 1 is 0.299 bits per heavy atom. The van der Waals surface area contributed by atoms with E-state index in [0.717, 1.165) is 108 Å². The zero-order valence-corrected chi connectivity index (χ0v) is 65.2. The van der Waals surface area contributed by atoms with Gasteiger partial charge in [0.1, 0.15) is 19.3 Å². The van der Waals surface area contributed by atoms with Gasteiger partial charge in [-0.3, -0.25) is 37.3 Å². The number of phosphoric ester groups is 2. The van der Waals surface area contributed by atoms with Crippen molar-refractivity contribution in [2.75, 3.05) is 39.6 Å². The van der Waals surface area contributed by atoms with Gasteiger partial charge in [0.2, 0.25) is 0 Å². The van der Waals surface area contributed by atoms with Crippen LogP contribution < -0.4 is 0 Å². The van der Waals surface area contributed by atoms with Crippen LogP contribution in [0.15, 0.2) is 0 Å².